The Labute approximate surface area is 98.3 Å². The maximum absolute atomic E-state index is 11.6. The highest BCUT2D eigenvalue weighted by molar-refractivity contribution is 7.08. The first-order valence-electron chi connectivity index (χ1n) is 5.06. The van der Waals surface area contributed by atoms with Crippen molar-refractivity contribution in [1.29, 1.82) is 0 Å². The van der Waals surface area contributed by atoms with Crippen molar-refractivity contribution in [3.8, 4) is 0 Å². The van der Waals surface area contributed by atoms with E-state index >= 15 is 0 Å². The Morgan fingerprint density at radius 2 is 2.19 bits per heavy atom. The Morgan fingerprint density at radius 1 is 1.50 bits per heavy atom. The van der Waals surface area contributed by atoms with E-state index < -0.39 is 11.9 Å². The summed E-state index contributed by atoms with van der Waals surface area (Å²) in [5, 5.41) is 15.1. The maximum Gasteiger partial charge on any atom is 0.306 e. The van der Waals surface area contributed by atoms with Gasteiger partial charge >= 0.3 is 5.97 Å². The summed E-state index contributed by atoms with van der Waals surface area (Å²) < 4.78 is 0. The van der Waals surface area contributed by atoms with Crippen molar-refractivity contribution in [2.45, 2.75) is 20.3 Å². The van der Waals surface area contributed by atoms with Gasteiger partial charge in [-0.15, -0.1) is 0 Å². The van der Waals surface area contributed by atoms with Crippen LogP contribution in [-0.4, -0.2) is 23.5 Å². The lowest BCUT2D eigenvalue weighted by Crippen LogP contribution is -2.27. The smallest absolute Gasteiger partial charge is 0.306 e. The molecule has 2 N–H and O–H groups in total. The number of hydrogen-bond donors (Lipinski definition) is 2. The zero-order valence-electron chi connectivity index (χ0n) is 9.32. The predicted octanol–water partition coefficient (Wildman–Crippen LogP) is 1.90. The number of carboxylic acid groups (broad SMARTS) is 1. The second-order valence-electron chi connectivity index (χ2n) is 3.75. The van der Waals surface area contributed by atoms with Gasteiger partial charge in [0.05, 0.1) is 11.5 Å². The molecule has 5 heteroatoms. The zero-order chi connectivity index (χ0) is 12.1. The Morgan fingerprint density at radius 3 is 2.69 bits per heavy atom. The topological polar surface area (TPSA) is 66.4 Å². The lowest BCUT2D eigenvalue weighted by atomic mass is 10.1. The summed E-state index contributed by atoms with van der Waals surface area (Å²) in [6.45, 7) is 3.90. The first-order valence-corrected chi connectivity index (χ1v) is 6.00. The van der Waals surface area contributed by atoms with Crippen LogP contribution in [0.5, 0.6) is 0 Å². The Hall–Kier alpha value is -1.36. The Bertz CT molecular complexity index is 386. The van der Waals surface area contributed by atoms with E-state index in [1.165, 1.54) is 11.3 Å². The molecule has 4 nitrogen and oxygen atoms in total. The molecule has 0 fully saturated rings. The highest BCUT2D eigenvalue weighted by Crippen LogP contribution is 2.13. The number of carbonyl (C=O) groups is 2. The van der Waals surface area contributed by atoms with Crippen LogP contribution in [0.2, 0.25) is 0 Å². The molecule has 16 heavy (non-hydrogen) atoms. The minimum atomic E-state index is -0.832. The quantitative estimate of drug-likeness (QED) is 0.827. The van der Waals surface area contributed by atoms with Crippen molar-refractivity contribution in [3.63, 3.8) is 0 Å². The van der Waals surface area contributed by atoms with Crippen LogP contribution in [0.1, 0.15) is 29.3 Å². The normalized spacial score (nSPS) is 12.1. The van der Waals surface area contributed by atoms with Crippen LogP contribution >= 0.6 is 11.3 Å². The van der Waals surface area contributed by atoms with E-state index in [-0.39, 0.29) is 5.91 Å². The van der Waals surface area contributed by atoms with Crippen LogP contribution in [0.3, 0.4) is 0 Å². The van der Waals surface area contributed by atoms with Crippen molar-refractivity contribution in [3.05, 3.63) is 21.9 Å². The number of thiophene rings is 1. The number of amides is 1. The van der Waals surface area contributed by atoms with Gasteiger partial charge in [0, 0.05) is 11.9 Å². The number of carboxylic acids is 1. The minimum Gasteiger partial charge on any atom is -0.481 e. The minimum absolute atomic E-state index is 0.128. The number of carbonyl (C=O) groups excluding carboxylic acids is 1. The maximum atomic E-state index is 11.6. The summed E-state index contributed by atoms with van der Waals surface area (Å²) >= 11 is 1.48. The van der Waals surface area contributed by atoms with Gasteiger partial charge in [0.2, 0.25) is 0 Å². The van der Waals surface area contributed by atoms with Crippen LogP contribution in [0.25, 0.3) is 0 Å². The molecule has 0 aliphatic carbocycles. The fourth-order valence-electron chi connectivity index (χ4n) is 1.21. The molecule has 1 aromatic heterocycles. The third-order valence-electron chi connectivity index (χ3n) is 2.38. The summed E-state index contributed by atoms with van der Waals surface area (Å²) in [4.78, 5) is 22.2. The van der Waals surface area contributed by atoms with Gasteiger partial charge in [0.1, 0.15) is 0 Å². The molecule has 0 saturated heterocycles. The third kappa shape index (κ3) is 3.34. The Balaban J connectivity index is 2.37. The van der Waals surface area contributed by atoms with Gasteiger partial charge in [-0.25, -0.2) is 0 Å². The van der Waals surface area contributed by atoms with Gasteiger partial charge in [-0.05, 0) is 24.3 Å². The number of hydrogen-bond acceptors (Lipinski definition) is 3. The fraction of sp³-hybridized carbons (Fsp3) is 0.455. The van der Waals surface area contributed by atoms with E-state index in [4.69, 9.17) is 5.11 Å². The van der Waals surface area contributed by atoms with Gasteiger partial charge in [0.25, 0.3) is 5.91 Å². The molecule has 0 radical (unpaired) electrons. The zero-order valence-corrected chi connectivity index (χ0v) is 10.1. The molecule has 0 saturated carbocycles. The molecule has 1 aromatic rings. The van der Waals surface area contributed by atoms with Crippen molar-refractivity contribution in [1.82, 2.24) is 5.32 Å². The summed E-state index contributed by atoms with van der Waals surface area (Å²) in [6, 6.07) is 0. The van der Waals surface area contributed by atoms with E-state index in [2.05, 4.69) is 5.32 Å². The molecule has 1 atom stereocenters. The first-order chi connectivity index (χ1) is 7.52. The fourth-order valence-corrected chi connectivity index (χ4v) is 2.04. The van der Waals surface area contributed by atoms with Crippen molar-refractivity contribution < 1.29 is 14.7 Å². The van der Waals surface area contributed by atoms with E-state index in [1.807, 2.05) is 12.3 Å². The second kappa shape index (κ2) is 5.65. The third-order valence-corrected chi connectivity index (χ3v) is 3.25. The molecule has 0 aromatic carbocycles. The van der Waals surface area contributed by atoms with Gasteiger partial charge in [-0.3, -0.25) is 9.59 Å². The highest BCUT2D eigenvalue weighted by Gasteiger charge is 2.12. The predicted molar refractivity (Wildman–Crippen MR) is 62.8 cm³/mol. The number of nitrogens with one attached hydrogen (secondary N) is 1. The highest BCUT2D eigenvalue weighted by atomic mass is 32.1. The summed E-state index contributed by atoms with van der Waals surface area (Å²) in [6.07, 6.45) is 0.449. The average molecular weight is 241 g/mol. The molecule has 88 valence electrons. The largest absolute Gasteiger partial charge is 0.481 e. The number of aryl methyl sites for hydroxylation is 1. The lowest BCUT2D eigenvalue weighted by Gasteiger charge is -2.07. The van der Waals surface area contributed by atoms with E-state index in [0.29, 0.717) is 18.5 Å². The molecular weight excluding hydrogens is 226 g/mol. The van der Waals surface area contributed by atoms with Gasteiger partial charge in [0.15, 0.2) is 0 Å². The lowest BCUT2D eigenvalue weighted by molar-refractivity contribution is -0.141. The molecule has 0 spiro atoms. The van der Waals surface area contributed by atoms with Crippen molar-refractivity contribution in [2.24, 2.45) is 5.92 Å². The van der Waals surface area contributed by atoms with Crippen molar-refractivity contribution >= 4 is 23.2 Å². The molecule has 0 aliphatic heterocycles. The molecule has 1 heterocycles. The molecule has 1 amide bonds. The van der Waals surface area contributed by atoms with E-state index in [1.54, 1.807) is 12.3 Å². The van der Waals surface area contributed by atoms with E-state index in [9.17, 15) is 9.59 Å². The average Bonchev–Trinajstić information content (AvgIpc) is 2.64. The second-order valence-corrected chi connectivity index (χ2v) is 4.50. The first kappa shape index (κ1) is 12.7. The Kier molecular flexibility index (Phi) is 4.49. The van der Waals surface area contributed by atoms with Crippen LogP contribution in [0.4, 0.5) is 0 Å². The summed E-state index contributed by atoms with van der Waals surface area (Å²) in [7, 11) is 0. The van der Waals surface area contributed by atoms with Crippen molar-refractivity contribution in [2.75, 3.05) is 6.54 Å². The summed E-state index contributed by atoms with van der Waals surface area (Å²) in [5.41, 5.74) is 1.63. The standard InChI is InChI=1S/C11H15NO3S/c1-7(11(14)15)3-4-12-10(13)9-6-16-5-8(9)2/h5-7H,3-4H2,1-2H3,(H,12,13)(H,14,15). The molecule has 0 bridgehead atoms. The van der Waals surface area contributed by atoms with Crippen LogP contribution in [0, 0.1) is 12.8 Å². The van der Waals surface area contributed by atoms with Crippen LogP contribution in [-0.2, 0) is 4.79 Å². The number of aliphatic carboxylic acids is 1. The van der Waals surface area contributed by atoms with Gasteiger partial charge in [-0.1, -0.05) is 6.92 Å². The molecule has 1 unspecified atom stereocenters. The molecular formula is C11H15NO3S. The summed E-state index contributed by atoms with van der Waals surface area (Å²) in [5.74, 6) is -1.39. The van der Waals surface area contributed by atoms with Crippen LogP contribution < -0.4 is 5.32 Å². The van der Waals surface area contributed by atoms with Crippen LogP contribution in [0.15, 0.2) is 10.8 Å². The molecule has 1 rings (SSSR count). The van der Waals surface area contributed by atoms with Gasteiger partial charge in [-0.2, -0.15) is 11.3 Å². The monoisotopic (exact) mass is 241 g/mol. The molecule has 0 aliphatic rings. The van der Waals surface area contributed by atoms with E-state index in [0.717, 1.165) is 5.56 Å². The van der Waals surface area contributed by atoms with Gasteiger partial charge < -0.3 is 10.4 Å². The SMILES string of the molecule is Cc1cscc1C(=O)NCCC(C)C(=O)O. The number of rotatable bonds is 5.